The fraction of sp³-hybridized carbons (Fsp3) is 0.795. The minimum absolute atomic E-state index is 0.00339. The van der Waals surface area contributed by atoms with E-state index in [-0.39, 0.29) is 13.2 Å². The third kappa shape index (κ3) is 35.6. The van der Waals surface area contributed by atoms with Crippen molar-refractivity contribution < 1.29 is 71.2 Å². The van der Waals surface area contributed by atoms with Gasteiger partial charge in [-0.25, -0.2) is 4.79 Å². The van der Waals surface area contributed by atoms with Crippen molar-refractivity contribution in [2.24, 2.45) is 0 Å². The smallest absolute Gasteiger partial charge is 0.379 e. The van der Waals surface area contributed by atoms with Crippen molar-refractivity contribution in [3.05, 3.63) is 35.9 Å². The van der Waals surface area contributed by atoms with Crippen LogP contribution in [-0.2, 0) is 66.4 Å². The van der Waals surface area contributed by atoms with Gasteiger partial charge in [-0.05, 0) is 6.42 Å². The summed E-state index contributed by atoms with van der Waals surface area (Å²) in [5, 5.41) is 0. The van der Waals surface area contributed by atoms with Gasteiger partial charge in [0.15, 0.2) is 0 Å². The van der Waals surface area contributed by atoms with Gasteiger partial charge in [-0.15, -0.1) is 0 Å². The summed E-state index contributed by atoms with van der Waals surface area (Å²) in [6, 6.07) is 8.26. The molecule has 0 aliphatic rings. The molecule has 15 heteroatoms. The number of ether oxygens (including phenoxy) is 13. The zero-order valence-corrected chi connectivity index (χ0v) is 32.7. The molecule has 1 aromatic rings. The molecule has 0 saturated carbocycles. The van der Waals surface area contributed by atoms with Crippen molar-refractivity contribution in [2.45, 2.75) is 39.0 Å². The minimum atomic E-state index is -0.897. The van der Waals surface area contributed by atoms with E-state index in [2.05, 4.69) is 6.92 Å². The van der Waals surface area contributed by atoms with E-state index in [1.807, 2.05) is 0 Å². The largest absolute Gasteiger partial charge is 0.457 e. The lowest BCUT2D eigenvalue weighted by Crippen LogP contribution is -2.20. The molecule has 0 aliphatic heterocycles. The summed E-state index contributed by atoms with van der Waals surface area (Å²) in [6.07, 6.45) is 6.24. The summed E-state index contributed by atoms with van der Waals surface area (Å²) in [7, 11) is 0. The monoisotopic (exact) mass is 776 g/mol. The van der Waals surface area contributed by atoms with E-state index in [4.69, 9.17) is 61.6 Å². The van der Waals surface area contributed by atoms with E-state index in [1.54, 1.807) is 30.3 Å². The van der Waals surface area contributed by atoms with Crippen LogP contribution in [0.1, 0.15) is 49.4 Å². The van der Waals surface area contributed by atoms with Crippen molar-refractivity contribution in [3.8, 4) is 0 Å². The van der Waals surface area contributed by atoms with E-state index in [9.17, 15) is 9.59 Å². The van der Waals surface area contributed by atoms with Crippen LogP contribution in [0.3, 0.4) is 0 Å². The molecule has 0 aliphatic carbocycles. The molecular formula is C39H68O15. The molecule has 1 aromatic carbocycles. The maximum absolute atomic E-state index is 11.9. The predicted molar refractivity (Wildman–Crippen MR) is 200 cm³/mol. The Morgan fingerprint density at radius 1 is 0.352 bits per heavy atom. The molecule has 314 valence electrons. The summed E-state index contributed by atoms with van der Waals surface area (Å²) < 4.78 is 70.6. The number of hydrogen-bond donors (Lipinski definition) is 0. The molecule has 0 bridgehead atoms. The second kappa shape index (κ2) is 42.0. The lowest BCUT2D eigenvalue weighted by Gasteiger charge is -2.09. The third-order valence-corrected chi connectivity index (χ3v) is 7.17. The second-order valence-corrected chi connectivity index (χ2v) is 11.6. The van der Waals surface area contributed by atoms with Crippen molar-refractivity contribution in [1.29, 1.82) is 0 Å². The molecule has 0 radical (unpaired) electrons. The molecule has 0 unspecified atom stereocenters. The number of rotatable bonds is 44. The maximum Gasteiger partial charge on any atom is 0.379 e. The van der Waals surface area contributed by atoms with Crippen LogP contribution in [0.15, 0.2) is 30.3 Å². The normalized spacial score (nSPS) is 11.4. The fourth-order valence-corrected chi connectivity index (χ4v) is 4.30. The summed E-state index contributed by atoms with van der Waals surface area (Å²) in [5.74, 6) is -1.57. The average molecular weight is 777 g/mol. The highest BCUT2D eigenvalue weighted by Gasteiger charge is 2.17. The molecule has 0 aromatic heterocycles. The predicted octanol–water partition coefficient (Wildman–Crippen LogP) is 3.58. The molecule has 54 heavy (non-hydrogen) atoms. The first-order valence-electron chi connectivity index (χ1n) is 19.4. The Labute approximate surface area is 322 Å². The minimum Gasteiger partial charge on any atom is -0.457 e. The molecule has 0 heterocycles. The Hall–Kier alpha value is -2.12. The van der Waals surface area contributed by atoms with Gasteiger partial charge in [0, 0.05) is 12.2 Å². The molecule has 0 saturated heterocycles. The van der Waals surface area contributed by atoms with Crippen LogP contribution in [0.5, 0.6) is 0 Å². The van der Waals surface area contributed by atoms with Crippen LogP contribution in [0.25, 0.3) is 0 Å². The Bertz CT molecular complexity index is 925. The van der Waals surface area contributed by atoms with Gasteiger partial charge in [-0.1, -0.05) is 62.9 Å². The quantitative estimate of drug-likeness (QED) is 0.0410. The lowest BCUT2D eigenvalue weighted by molar-refractivity contribution is -0.139. The van der Waals surface area contributed by atoms with Gasteiger partial charge in [0.2, 0.25) is 0 Å². The number of Topliss-reactive ketones (excluding diaryl/α,β-unsaturated/α-hetero) is 1. The van der Waals surface area contributed by atoms with Gasteiger partial charge >= 0.3 is 5.97 Å². The number of hydrogen-bond acceptors (Lipinski definition) is 15. The highest BCUT2D eigenvalue weighted by atomic mass is 16.6. The van der Waals surface area contributed by atoms with Crippen molar-refractivity contribution in [3.63, 3.8) is 0 Å². The van der Waals surface area contributed by atoms with E-state index in [0.717, 1.165) is 13.0 Å². The molecule has 0 N–H and O–H groups in total. The molecule has 0 amide bonds. The SMILES string of the molecule is CCCCCCCOCCOCCOCCOCCOCCOCCOCCOCCOCCOCCOCCOCCOC(=O)C(=O)c1ccccc1. The average Bonchev–Trinajstić information content (AvgIpc) is 3.19. The van der Waals surface area contributed by atoms with Gasteiger partial charge in [0.25, 0.3) is 5.78 Å². The van der Waals surface area contributed by atoms with Gasteiger partial charge in [0.1, 0.15) is 6.61 Å². The summed E-state index contributed by atoms with van der Waals surface area (Å²) in [6.45, 7) is 14.0. The second-order valence-electron chi connectivity index (χ2n) is 11.6. The first kappa shape index (κ1) is 49.9. The van der Waals surface area contributed by atoms with Crippen LogP contribution < -0.4 is 0 Å². The first-order valence-corrected chi connectivity index (χ1v) is 19.4. The van der Waals surface area contributed by atoms with E-state index in [1.165, 1.54) is 25.7 Å². The zero-order chi connectivity index (χ0) is 38.7. The Morgan fingerprint density at radius 2 is 0.630 bits per heavy atom. The fourth-order valence-electron chi connectivity index (χ4n) is 4.30. The number of carbonyl (C=O) groups is 2. The third-order valence-electron chi connectivity index (χ3n) is 7.17. The maximum atomic E-state index is 11.9. The molecule has 0 atom stereocenters. The van der Waals surface area contributed by atoms with Crippen LogP contribution in [-0.4, -0.2) is 177 Å². The van der Waals surface area contributed by atoms with E-state index < -0.39 is 11.8 Å². The van der Waals surface area contributed by atoms with E-state index in [0.29, 0.717) is 151 Å². The number of benzene rings is 1. The standard InChI is InChI=1S/C39H68O15/c1-2-3-4-5-9-12-42-13-14-43-15-16-44-17-18-45-19-20-46-21-22-47-23-24-48-25-26-49-27-28-50-29-30-51-31-32-52-33-34-53-35-36-54-39(41)38(40)37-10-7-6-8-11-37/h6-8,10-11H,2-5,9,12-36H2,1H3. The zero-order valence-electron chi connectivity index (χ0n) is 32.7. The van der Waals surface area contributed by atoms with Crippen LogP contribution in [0.2, 0.25) is 0 Å². The molecule has 1 rings (SSSR count). The van der Waals surface area contributed by atoms with Crippen LogP contribution in [0.4, 0.5) is 0 Å². The van der Waals surface area contributed by atoms with Crippen molar-refractivity contribution >= 4 is 11.8 Å². The summed E-state index contributed by atoms with van der Waals surface area (Å²) in [4.78, 5) is 23.6. The van der Waals surface area contributed by atoms with Gasteiger partial charge in [-0.2, -0.15) is 0 Å². The number of unbranched alkanes of at least 4 members (excludes halogenated alkanes) is 4. The Balaban J connectivity index is 1.64. The van der Waals surface area contributed by atoms with Crippen molar-refractivity contribution in [2.75, 3.05) is 165 Å². The summed E-state index contributed by atoms with van der Waals surface area (Å²) in [5.41, 5.74) is 0.295. The highest BCUT2D eigenvalue weighted by molar-refractivity contribution is 6.40. The number of carbonyl (C=O) groups excluding carboxylic acids is 2. The topological polar surface area (TPSA) is 154 Å². The van der Waals surface area contributed by atoms with Gasteiger partial charge < -0.3 is 61.6 Å². The van der Waals surface area contributed by atoms with Gasteiger partial charge in [0.05, 0.1) is 152 Å². The lowest BCUT2D eigenvalue weighted by atomic mass is 10.1. The van der Waals surface area contributed by atoms with E-state index >= 15 is 0 Å². The first-order chi connectivity index (χ1) is 26.8. The molecule has 15 nitrogen and oxygen atoms in total. The van der Waals surface area contributed by atoms with Gasteiger partial charge in [-0.3, -0.25) is 4.79 Å². The van der Waals surface area contributed by atoms with Crippen LogP contribution in [0, 0.1) is 0 Å². The Kier molecular flexibility index (Phi) is 38.8. The van der Waals surface area contributed by atoms with Crippen molar-refractivity contribution in [1.82, 2.24) is 0 Å². The molecule has 0 spiro atoms. The number of ketones is 1. The summed E-state index contributed by atoms with van der Waals surface area (Å²) >= 11 is 0. The molecular weight excluding hydrogens is 708 g/mol. The number of esters is 1. The Morgan fingerprint density at radius 3 is 0.944 bits per heavy atom. The highest BCUT2D eigenvalue weighted by Crippen LogP contribution is 2.03. The van der Waals surface area contributed by atoms with Crippen LogP contribution >= 0.6 is 0 Å². The molecule has 0 fully saturated rings.